The van der Waals surface area contributed by atoms with Gasteiger partial charge >= 0.3 is 0 Å². The van der Waals surface area contributed by atoms with E-state index < -0.39 is 0 Å². The highest BCUT2D eigenvalue weighted by molar-refractivity contribution is 5.66. The molecule has 1 aliphatic rings. The summed E-state index contributed by atoms with van der Waals surface area (Å²) in [6, 6.07) is 8.19. The molecule has 1 fully saturated rings. The largest absolute Gasteiger partial charge is 0.493 e. The van der Waals surface area contributed by atoms with Crippen molar-refractivity contribution in [2.75, 3.05) is 26.8 Å². The zero-order valence-corrected chi connectivity index (χ0v) is 21.7. The number of ether oxygens (including phenoxy) is 2. The third kappa shape index (κ3) is 13.1. The molecule has 9 nitrogen and oxygen atoms in total. The predicted molar refractivity (Wildman–Crippen MR) is 139 cm³/mol. The molecule has 10 heteroatoms. The van der Waals surface area contributed by atoms with E-state index in [2.05, 4.69) is 29.1 Å². The highest BCUT2D eigenvalue weighted by Crippen LogP contribution is 2.30. The molecule has 1 amide bonds. The van der Waals surface area contributed by atoms with E-state index in [4.69, 9.17) is 15.2 Å². The first-order valence-electron chi connectivity index (χ1n) is 11.9. The van der Waals surface area contributed by atoms with Crippen LogP contribution in [0.4, 0.5) is 4.48 Å². The van der Waals surface area contributed by atoms with Crippen LogP contribution in [0.5, 0.6) is 5.75 Å². The number of para-hydroxylation sites is 1. The van der Waals surface area contributed by atoms with Crippen molar-refractivity contribution in [2.24, 2.45) is 11.1 Å². The van der Waals surface area contributed by atoms with E-state index in [-0.39, 0.29) is 5.41 Å². The highest BCUT2D eigenvalue weighted by Gasteiger charge is 2.19. The van der Waals surface area contributed by atoms with Gasteiger partial charge < -0.3 is 25.5 Å². The van der Waals surface area contributed by atoms with Crippen LogP contribution in [-0.4, -0.2) is 66.7 Å². The number of carbonyl (C=O) groups excluding carboxylic acids is 2. The highest BCUT2D eigenvalue weighted by atomic mass is 19.2. The molecule has 0 aliphatic carbocycles. The Morgan fingerprint density at radius 1 is 1.33 bits per heavy atom. The van der Waals surface area contributed by atoms with Crippen LogP contribution in [0.15, 0.2) is 49.1 Å². The normalized spacial score (nSPS) is 17.1. The smallest absolute Gasteiger partial charge is 0.211 e. The lowest BCUT2D eigenvalue weighted by Crippen LogP contribution is -2.26. The summed E-state index contributed by atoms with van der Waals surface area (Å²) in [5, 5.41) is 2.89. The number of aromatic nitrogens is 2. The fraction of sp³-hybridized carbons (Fsp3) is 0.500. The first kappa shape index (κ1) is 31.0. The van der Waals surface area contributed by atoms with Gasteiger partial charge in [0.2, 0.25) is 6.41 Å². The Hall–Kier alpha value is -3.08. The third-order valence-corrected chi connectivity index (χ3v) is 5.58. The number of nitrogens with two attached hydrogens (primary N) is 1. The number of hydrogen-bond acceptors (Lipinski definition) is 7. The zero-order chi connectivity index (χ0) is 26.8. The number of allylic oxidation sites excluding steroid dienone is 1. The standard InChI is InChI=1S/C17H24FN3O.C5H11NO.C4H5NO2/c1-17(2,8-10-21(3)18)9-11-22-16-7-5-4-6-14(16)15-12-19-13-20-15;1-4-5(6)2-3-7-4;6-3-1-2-5-4-7/h4-7,12-13H,8-11H2,1-3H3,(H,19,20);4-5H,2-3,6H2,1H3;1-4H,(H,5,7)/b;;2-1-/t;4-,5?;/m.1./s1. The monoisotopic (exact) mass is 505 g/mol. The van der Waals surface area contributed by atoms with Gasteiger partial charge in [0.25, 0.3) is 0 Å². The number of H-pyrrole nitrogens is 1. The Bertz CT molecular complexity index is 882. The Labute approximate surface area is 213 Å². The summed E-state index contributed by atoms with van der Waals surface area (Å²) < 4.78 is 23.9. The van der Waals surface area contributed by atoms with Gasteiger partial charge in [-0.1, -0.05) is 26.0 Å². The van der Waals surface area contributed by atoms with Gasteiger partial charge in [0.1, 0.15) is 12.0 Å². The number of nitrogens with zero attached hydrogens (tertiary/aromatic N) is 2. The van der Waals surface area contributed by atoms with Crippen molar-refractivity contribution < 1.29 is 23.5 Å². The molecular weight excluding hydrogens is 465 g/mol. The molecule has 36 heavy (non-hydrogen) atoms. The van der Waals surface area contributed by atoms with Crippen LogP contribution in [-0.2, 0) is 14.3 Å². The Kier molecular flexibility index (Phi) is 14.9. The number of imidazole rings is 1. The van der Waals surface area contributed by atoms with Crippen LogP contribution < -0.4 is 15.8 Å². The molecule has 0 spiro atoms. The lowest BCUT2D eigenvalue weighted by molar-refractivity contribution is -0.108. The van der Waals surface area contributed by atoms with E-state index in [1.165, 1.54) is 19.3 Å². The van der Waals surface area contributed by atoms with Crippen LogP contribution in [0.1, 0.15) is 40.0 Å². The van der Waals surface area contributed by atoms with Crippen LogP contribution >= 0.6 is 0 Å². The molecule has 1 saturated heterocycles. The van der Waals surface area contributed by atoms with Crippen molar-refractivity contribution in [3.63, 3.8) is 0 Å². The minimum Gasteiger partial charge on any atom is -0.493 e. The number of rotatable bonds is 11. The number of amides is 1. The summed E-state index contributed by atoms with van der Waals surface area (Å²) in [7, 11) is 1.45. The van der Waals surface area contributed by atoms with E-state index in [9.17, 15) is 14.1 Å². The molecule has 0 radical (unpaired) electrons. The van der Waals surface area contributed by atoms with Crippen LogP contribution in [0.3, 0.4) is 0 Å². The second-order valence-electron chi connectivity index (χ2n) is 9.11. The molecule has 2 heterocycles. The number of hydrogen-bond donors (Lipinski definition) is 3. The van der Waals surface area contributed by atoms with Gasteiger partial charge in [-0.2, -0.15) is 0 Å². The molecule has 1 aromatic heterocycles. The Balaban J connectivity index is 0.000000376. The van der Waals surface area contributed by atoms with E-state index in [0.717, 1.165) is 48.0 Å². The summed E-state index contributed by atoms with van der Waals surface area (Å²) in [6.45, 7) is 8.19. The number of benzene rings is 1. The van der Waals surface area contributed by atoms with Gasteiger partial charge in [-0.25, -0.2) is 4.98 Å². The van der Waals surface area contributed by atoms with Crippen molar-refractivity contribution in [1.82, 2.24) is 20.4 Å². The van der Waals surface area contributed by atoms with Crippen molar-refractivity contribution in [1.29, 1.82) is 0 Å². The van der Waals surface area contributed by atoms with Crippen LogP contribution in [0.2, 0.25) is 0 Å². The summed E-state index contributed by atoms with van der Waals surface area (Å²) in [4.78, 5) is 26.0. The first-order chi connectivity index (χ1) is 17.2. The van der Waals surface area contributed by atoms with Crippen molar-refractivity contribution in [3.05, 3.63) is 49.1 Å². The number of carbonyl (C=O) groups is 2. The second kappa shape index (κ2) is 17.4. The average Bonchev–Trinajstić information content (AvgIpc) is 3.51. The van der Waals surface area contributed by atoms with Crippen molar-refractivity contribution in [2.45, 2.75) is 52.2 Å². The fourth-order valence-corrected chi connectivity index (χ4v) is 3.12. The molecule has 200 valence electrons. The van der Waals surface area contributed by atoms with E-state index in [1.54, 1.807) is 12.5 Å². The van der Waals surface area contributed by atoms with E-state index in [0.29, 0.717) is 38.0 Å². The molecule has 2 atom stereocenters. The molecular formula is C26H40FN5O4. The van der Waals surface area contributed by atoms with Gasteiger partial charge in [-0.05, 0) is 49.8 Å². The molecule has 4 N–H and O–H groups in total. The first-order valence-corrected chi connectivity index (χ1v) is 11.9. The Morgan fingerprint density at radius 3 is 2.61 bits per heavy atom. The summed E-state index contributed by atoms with van der Waals surface area (Å²) in [5.41, 5.74) is 7.54. The molecule has 1 aliphatic heterocycles. The third-order valence-electron chi connectivity index (χ3n) is 5.58. The fourth-order valence-electron chi connectivity index (χ4n) is 3.12. The second-order valence-corrected chi connectivity index (χ2v) is 9.11. The van der Waals surface area contributed by atoms with E-state index >= 15 is 0 Å². The number of aromatic amines is 1. The van der Waals surface area contributed by atoms with Gasteiger partial charge in [0.05, 0.1) is 30.9 Å². The number of aldehydes is 1. The molecule has 3 rings (SSSR count). The Morgan fingerprint density at radius 2 is 2.08 bits per heavy atom. The van der Waals surface area contributed by atoms with Gasteiger partial charge in [0, 0.05) is 38.0 Å². The van der Waals surface area contributed by atoms with Crippen molar-refractivity contribution >= 4 is 12.7 Å². The average molecular weight is 506 g/mol. The predicted octanol–water partition coefficient (Wildman–Crippen LogP) is 3.65. The molecule has 0 saturated carbocycles. The van der Waals surface area contributed by atoms with Gasteiger partial charge in [-0.3, -0.25) is 9.59 Å². The number of nitrogens with one attached hydrogen (secondary N) is 2. The maximum Gasteiger partial charge on any atom is 0.211 e. The quantitative estimate of drug-likeness (QED) is 0.242. The maximum atomic E-state index is 12.8. The lowest BCUT2D eigenvalue weighted by Gasteiger charge is -2.25. The van der Waals surface area contributed by atoms with E-state index in [1.807, 2.05) is 31.2 Å². The number of halogens is 1. The molecule has 0 bridgehead atoms. The van der Waals surface area contributed by atoms with Gasteiger partial charge in [0.15, 0.2) is 0 Å². The lowest BCUT2D eigenvalue weighted by atomic mass is 9.86. The van der Waals surface area contributed by atoms with Crippen molar-refractivity contribution in [3.8, 4) is 17.0 Å². The van der Waals surface area contributed by atoms with Gasteiger partial charge in [-0.15, -0.1) is 9.60 Å². The summed E-state index contributed by atoms with van der Waals surface area (Å²) >= 11 is 0. The SMILES string of the molecule is CN(F)CCC(C)(C)CCOc1ccccc1-c1cnc[nH]1.C[C@H]1OCCC1N.O=C/C=C\NC=O. The summed E-state index contributed by atoms with van der Waals surface area (Å²) in [6.07, 6.45) is 9.93. The molecule has 2 aromatic rings. The molecule has 1 unspecified atom stereocenters. The topological polar surface area (TPSA) is 123 Å². The minimum absolute atomic E-state index is 0.0449. The summed E-state index contributed by atoms with van der Waals surface area (Å²) in [5.74, 6) is 0.838. The zero-order valence-electron chi connectivity index (χ0n) is 21.7. The van der Waals surface area contributed by atoms with Crippen LogP contribution in [0, 0.1) is 5.41 Å². The van der Waals surface area contributed by atoms with Crippen LogP contribution in [0.25, 0.3) is 11.3 Å². The molecule has 1 aromatic carbocycles. The minimum atomic E-state index is 0.0449. The maximum absolute atomic E-state index is 12.8.